The second-order valence-electron chi connectivity index (χ2n) is 6.80. The quantitative estimate of drug-likeness (QED) is 0.688. The van der Waals surface area contributed by atoms with Crippen molar-refractivity contribution in [2.45, 2.75) is 26.3 Å². The number of hydrogen-bond donors (Lipinski definition) is 1. The van der Waals surface area contributed by atoms with Crippen LogP contribution in [0.4, 0.5) is 5.69 Å². The van der Waals surface area contributed by atoms with E-state index in [1.165, 1.54) is 15.3 Å². The van der Waals surface area contributed by atoms with Gasteiger partial charge in [-0.3, -0.25) is 9.69 Å². The summed E-state index contributed by atoms with van der Waals surface area (Å²) in [4.78, 5) is 17.8. The molecule has 1 atom stereocenters. The average molecular weight is 383 g/mol. The number of rotatable bonds is 4. The van der Waals surface area contributed by atoms with Gasteiger partial charge in [0, 0.05) is 22.0 Å². The highest BCUT2D eigenvalue weighted by molar-refractivity contribution is 7.10. The molecule has 0 aliphatic carbocycles. The molecule has 134 valence electrons. The SMILES string of the molecule is Cc1ccc(C)c(NC(=O)CN2CCc3sccc3[C@H]2c2cccs2)c1. The van der Waals surface area contributed by atoms with Gasteiger partial charge in [-0.1, -0.05) is 18.2 Å². The number of carbonyl (C=O) groups excluding carboxylic acids is 1. The number of hydrogen-bond acceptors (Lipinski definition) is 4. The number of carbonyl (C=O) groups is 1. The van der Waals surface area contributed by atoms with Crippen LogP contribution in [-0.4, -0.2) is 23.9 Å². The molecule has 4 rings (SSSR count). The summed E-state index contributed by atoms with van der Waals surface area (Å²) in [6, 6.07) is 12.8. The summed E-state index contributed by atoms with van der Waals surface area (Å²) < 4.78 is 0. The molecule has 1 aliphatic heterocycles. The molecule has 5 heteroatoms. The molecule has 0 spiro atoms. The van der Waals surface area contributed by atoms with Crippen molar-refractivity contribution in [3.8, 4) is 0 Å². The Balaban J connectivity index is 1.55. The van der Waals surface area contributed by atoms with Crippen molar-refractivity contribution in [1.29, 1.82) is 0 Å². The smallest absolute Gasteiger partial charge is 0.238 e. The zero-order valence-corrected chi connectivity index (χ0v) is 16.6. The second kappa shape index (κ2) is 7.35. The summed E-state index contributed by atoms with van der Waals surface area (Å²) in [7, 11) is 0. The molecule has 0 saturated carbocycles. The van der Waals surface area contributed by atoms with Crippen LogP contribution in [0.2, 0.25) is 0 Å². The lowest BCUT2D eigenvalue weighted by Gasteiger charge is -2.34. The Bertz CT molecular complexity index is 914. The van der Waals surface area contributed by atoms with E-state index in [1.807, 2.05) is 31.3 Å². The van der Waals surface area contributed by atoms with Gasteiger partial charge in [0.2, 0.25) is 5.91 Å². The Labute approximate surface area is 162 Å². The fourth-order valence-electron chi connectivity index (χ4n) is 3.56. The summed E-state index contributed by atoms with van der Waals surface area (Å²) in [5.74, 6) is 0.0546. The van der Waals surface area contributed by atoms with Crippen LogP contribution >= 0.6 is 22.7 Å². The monoisotopic (exact) mass is 382 g/mol. The van der Waals surface area contributed by atoms with Crippen LogP contribution in [0.3, 0.4) is 0 Å². The molecule has 3 nitrogen and oxygen atoms in total. The number of aryl methyl sites for hydroxylation is 2. The Kier molecular flexibility index (Phi) is 4.94. The Morgan fingerprint density at radius 3 is 2.88 bits per heavy atom. The van der Waals surface area contributed by atoms with Crippen molar-refractivity contribution < 1.29 is 4.79 Å². The maximum atomic E-state index is 12.8. The van der Waals surface area contributed by atoms with Crippen LogP contribution in [0, 0.1) is 13.8 Å². The Hall–Kier alpha value is -1.95. The minimum absolute atomic E-state index is 0.0546. The van der Waals surface area contributed by atoms with Gasteiger partial charge < -0.3 is 5.32 Å². The number of nitrogens with one attached hydrogen (secondary N) is 1. The topological polar surface area (TPSA) is 32.3 Å². The van der Waals surface area contributed by atoms with Crippen LogP contribution in [0.15, 0.2) is 47.2 Å². The van der Waals surface area contributed by atoms with E-state index in [0.717, 1.165) is 29.8 Å². The zero-order valence-electron chi connectivity index (χ0n) is 15.0. The predicted molar refractivity (Wildman–Crippen MR) is 110 cm³/mol. The molecule has 1 amide bonds. The van der Waals surface area contributed by atoms with Gasteiger partial charge >= 0.3 is 0 Å². The maximum Gasteiger partial charge on any atom is 0.238 e. The van der Waals surface area contributed by atoms with Crippen LogP contribution < -0.4 is 5.32 Å². The van der Waals surface area contributed by atoms with Gasteiger partial charge in [-0.15, -0.1) is 22.7 Å². The minimum Gasteiger partial charge on any atom is -0.325 e. The van der Waals surface area contributed by atoms with Crippen molar-refractivity contribution in [3.05, 3.63) is 73.6 Å². The lowest BCUT2D eigenvalue weighted by atomic mass is 9.98. The number of nitrogens with zero attached hydrogens (tertiary/aromatic N) is 1. The third-order valence-electron chi connectivity index (χ3n) is 4.89. The van der Waals surface area contributed by atoms with Crippen molar-refractivity contribution in [3.63, 3.8) is 0 Å². The summed E-state index contributed by atoms with van der Waals surface area (Å²) in [6.07, 6.45) is 1.02. The summed E-state index contributed by atoms with van der Waals surface area (Å²) in [5.41, 5.74) is 4.53. The second-order valence-corrected chi connectivity index (χ2v) is 8.78. The van der Waals surface area contributed by atoms with Crippen LogP contribution in [0.25, 0.3) is 0 Å². The lowest BCUT2D eigenvalue weighted by Crippen LogP contribution is -2.40. The van der Waals surface area contributed by atoms with Crippen molar-refractivity contribution in [2.75, 3.05) is 18.4 Å². The predicted octanol–water partition coefficient (Wildman–Crippen LogP) is 5.01. The minimum atomic E-state index is 0.0546. The number of thiophene rings is 2. The first-order valence-electron chi connectivity index (χ1n) is 8.82. The molecule has 26 heavy (non-hydrogen) atoms. The maximum absolute atomic E-state index is 12.8. The molecule has 1 N–H and O–H groups in total. The Morgan fingerprint density at radius 2 is 2.08 bits per heavy atom. The molecular formula is C21H22N2OS2. The summed E-state index contributed by atoms with van der Waals surface area (Å²) in [5, 5.41) is 7.39. The highest BCUT2D eigenvalue weighted by Crippen LogP contribution is 2.39. The first-order chi connectivity index (χ1) is 12.6. The van der Waals surface area contributed by atoms with Gasteiger partial charge in [0.1, 0.15) is 0 Å². The molecular weight excluding hydrogens is 360 g/mol. The fraction of sp³-hybridized carbons (Fsp3) is 0.286. The molecule has 2 aromatic heterocycles. The highest BCUT2D eigenvalue weighted by atomic mass is 32.1. The van der Waals surface area contributed by atoms with Gasteiger partial charge in [0.05, 0.1) is 12.6 Å². The molecule has 3 heterocycles. The molecule has 0 bridgehead atoms. The molecule has 0 unspecified atom stereocenters. The third kappa shape index (κ3) is 3.47. The van der Waals surface area contributed by atoms with E-state index >= 15 is 0 Å². The van der Waals surface area contributed by atoms with Crippen LogP contribution in [0.5, 0.6) is 0 Å². The standard InChI is InChI=1S/C21H22N2OS2/c1-14-5-6-15(2)17(12-14)22-20(24)13-23-9-7-18-16(8-11-26-18)21(23)19-4-3-10-25-19/h3-6,8,10-12,21H,7,9,13H2,1-2H3,(H,22,24)/t21-/m0/s1. The average Bonchev–Trinajstić information content (AvgIpc) is 3.29. The van der Waals surface area contributed by atoms with Gasteiger partial charge in [0.15, 0.2) is 0 Å². The molecule has 1 aromatic carbocycles. The van der Waals surface area contributed by atoms with Crippen molar-refractivity contribution in [1.82, 2.24) is 4.90 Å². The van der Waals surface area contributed by atoms with E-state index in [4.69, 9.17) is 0 Å². The van der Waals surface area contributed by atoms with Gasteiger partial charge in [-0.05, 0) is 65.9 Å². The van der Waals surface area contributed by atoms with E-state index < -0.39 is 0 Å². The van der Waals surface area contributed by atoms with E-state index in [9.17, 15) is 4.79 Å². The van der Waals surface area contributed by atoms with E-state index in [0.29, 0.717) is 6.54 Å². The van der Waals surface area contributed by atoms with Gasteiger partial charge in [0.25, 0.3) is 0 Å². The first kappa shape index (κ1) is 17.5. The number of amides is 1. The zero-order chi connectivity index (χ0) is 18.1. The normalized spacial score (nSPS) is 17.1. The van der Waals surface area contributed by atoms with Crippen molar-refractivity contribution >= 4 is 34.3 Å². The third-order valence-corrected chi connectivity index (χ3v) is 6.81. The number of anilines is 1. The molecule has 0 saturated heterocycles. The Morgan fingerprint density at radius 1 is 1.19 bits per heavy atom. The van der Waals surface area contributed by atoms with Gasteiger partial charge in [-0.2, -0.15) is 0 Å². The molecule has 3 aromatic rings. The van der Waals surface area contributed by atoms with Crippen LogP contribution in [0.1, 0.15) is 32.5 Å². The largest absolute Gasteiger partial charge is 0.325 e. The fourth-order valence-corrected chi connectivity index (χ4v) is 5.34. The van der Waals surface area contributed by atoms with Crippen molar-refractivity contribution in [2.24, 2.45) is 0 Å². The highest BCUT2D eigenvalue weighted by Gasteiger charge is 2.31. The van der Waals surface area contributed by atoms with Crippen LogP contribution in [-0.2, 0) is 11.2 Å². The van der Waals surface area contributed by atoms with E-state index in [1.54, 1.807) is 11.3 Å². The molecule has 0 radical (unpaired) electrons. The van der Waals surface area contributed by atoms with Gasteiger partial charge in [-0.25, -0.2) is 0 Å². The molecule has 0 fully saturated rings. The first-order valence-corrected chi connectivity index (χ1v) is 10.6. The molecule has 1 aliphatic rings. The number of fused-ring (bicyclic) bond motifs is 1. The van der Waals surface area contributed by atoms with E-state index in [2.05, 4.69) is 51.3 Å². The van der Waals surface area contributed by atoms with E-state index in [-0.39, 0.29) is 11.9 Å². The summed E-state index contributed by atoms with van der Waals surface area (Å²) >= 11 is 3.60. The summed E-state index contributed by atoms with van der Waals surface area (Å²) in [6.45, 7) is 5.40. The lowest BCUT2D eigenvalue weighted by molar-refractivity contribution is -0.117. The number of benzene rings is 1.